The van der Waals surface area contributed by atoms with Crippen LogP contribution in [0.3, 0.4) is 0 Å². The van der Waals surface area contributed by atoms with Gasteiger partial charge in [-0.2, -0.15) is 0 Å². The van der Waals surface area contributed by atoms with Crippen LogP contribution in [0.1, 0.15) is 83.3 Å². The lowest BCUT2D eigenvalue weighted by molar-refractivity contribution is 0.169. The topological polar surface area (TPSA) is 12.0 Å². The molecular weight excluding hydrogens is 266 g/mol. The van der Waals surface area contributed by atoms with E-state index < -0.39 is 0 Å². The molecule has 1 saturated carbocycles. The van der Waals surface area contributed by atoms with Crippen LogP contribution < -0.4 is 5.32 Å². The van der Waals surface area contributed by atoms with Gasteiger partial charge in [-0.3, -0.25) is 0 Å². The molecule has 1 N–H and O–H groups in total. The molecule has 2 aliphatic rings. The second kappa shape index (κ2) is 6.00. The smallest absolute Gasteiger partial charge is 0.0406 e. The largest absolute Gasteiger partial charge is 0.308 e. The number of hydrogen-bond donors (Lipinski definition) is 1. The molecule has 0 aromatic heterocycles. The molecule has 1 unspecified atom stereocenters. The molecule has 1 nitrogen and oxygen atoms in total. The van der Waals surface area contributed by atoms with Gasteiger partial charge in [0, 0.05) is 5.54 Å². The molecular formula is C21H33N. The van der Waals surface area contributed by atoms with E-state index in [0.717, 1.165) is 18.4 Å². The van der Waals surface area contributed by atoms with Crippen LogP contribution in [0.25, 0.3) is 0 Å². The number of benzene rings is 1. The summed E-state index contributed by atoms with van der Waals surface area (Å²) in [6.07, 6.45) is 8.11. The van der Waals surface area contributed by atoms with Crippen molar-refractivity contribution < 1.29 is 0 Å². The third kappa shape index (κ3) is 3.25. The summed E-state index contributed by atoms with van der Waals surface area (Å²) in [6, 6.07) is 9.47. The van der Waals surface area contributed by atoms with E-state index >= 15 is 0 Å². The first-order valence-corrected chi connectivity index (χ1v) is 9.24. The molecule has 2 fully saturated rings. The van der Waals surface area contributed by atoms with Crippen LogP contribution in [0, 0.1) is 11.3 Å². The Bertz CT molecular complexity index is 497. The Balaban J connectivity index is 1.71. The minimum atomic E-state index is 0.207. The predicted molar refractivity (Wildman–Crippen MR) is 95.2 cm³/mol. The van der Waals surface area contributed by atoms with E-state index in [2.05, 4.69) is 57.3 Å². The van der Waals surface area contributed by atoms with E-state index in [9.17, 15) is 0 Å². The van der Waals surface area contributed by atoms with Crippen molar-refractivity contribution >= 4 is 0 Å². The first kappa shape index (κ1) is 16.1. The maximum Gasteiger partial charge on any atom is 0.0406 e. The Morgan fingerprint density at radius 3 is 2.41 bits per heavy atom. The Morgan fingerprint density at radius 1 is 1.09 bits per heavy atom. The minimum Gasteiger partial charge on any atom is -0.308 e. The van der Waals surface area contributed by atoms with Gasteiger partial charge in [0.25, 0.3) is 0 Å². The third-order valence-corrected chi connectivity index (χ3v) is 6.32. The van der Waals surface area contributed by atoms with Crippen molar-refractivity contribution in [3.63, 3.8) is 0 Å². The molecule has 1 saturated heterocycles. The lowest BCUT2D eigenvalue weighted by atomic mass is 9.68. The van der Waals surface area contributed by atoms with E-state index in [4.69, 9.17) is 0 Å². The lowest BCUT2D eigenvalue weighted by Gasteiger charge is -2.37. The zero-order valence-corrected chi connectivity index (χ0v) is 14.9. The van der Waals surface area contributed by atoms with E-state index in [1.807, 2.05) is 0 Å². The highest BCUT2D eigenvalue weighted by atomic mass is 15.0. The summed E-state index contributed by atoms with van der Waals surface area (Å²) >= 11 is 0. The van der Waals surface area contributed by atoms with Crippen LogP contribution in [0.2, 0.25) is 0 Å². The molecule has 1 heteroatoms. The molecule has 1 aromatic carbocycles. The zero-order valence-electron chi connectivity index (χ0n) is 14.9. The molecule has 1 atom stereocenters. The van der Waals surface area contributed by atoms with Gasteiger partial charge in [-0.1, -0.05) is 45.0 Å². The van der Waals surface area contributed by atoms with Gasteiger partial charge in [-0.25, -0.2) is 0 Å². The van der Waals surface area contributed by atoms with E-state index in [-0.39, 0.29) is 5.54 Å². The molecule has 3 rings (SSSR count). The SMILES string of the molecule is CC1(c2cccc(C3CCC(C(C)(C)C)CC3)c2)CCCN1. The van der Waals surface area contributed by atoms with Crippen LogP contribution in [-0.4, -0.2) is 6.54 Å². The fraction of sp³-hybridized carbons (Fsp3) is 0.714. The summed E-state index contributed by atoms with van der Waals surface area (Å²) in [6.45, 7) is 10.8. The van der Waals surface area contributed by atoms with Crippen LogP contribution in [0.15, 0.2) is 24.3 Å². The second-order valence-corrected chi connectivity index (χ2v) is 8.90. The fourth-order valence-corrected chi connectivity index (χ4v) is 4.57. The molecule has 0 radical (unpaired) electrons. The van der Waals surface area contributed by atoms with Gasteiger partial charge in [0.2, 0.25) is 0 Å². The van der Waals surface area contributed by atoms with E-state index in [1.165, 1.54) is 44.1 Å². The van der Waals surface area contributed by atoms with Crippen molar-refractivity contribution in [2.24, 2.45) is 11.3 Å². The molecule has 1 aliphatic carbocycles. The van der Waals surface area contributed by atoms with Crippen molar-refractivity contribution in [3.8, 4) is 0 Å². The summed E-state index contributed by atoms with van der Waals surface area (Å²) in [5.41, 5.74) is 3.77. The highest BCUT2D eigenvalue weighted by molar-refractivity contribution is 5.32. The van der Waals surface area contributed by atoms with Crippen molar-refractivity contribution in [1.82, 2.24) is 5.32 Å². The van der Waals surface area contributed by atoms with Crippen molar-refractivity contribution in [3.05, 3.63) is 35.4 Å². The number of rotatable bonds is 2. The van der Waals surface area contributed by atoms with Crippen molar-refractivity contribution in [1.29, 1.82) is 0 Å². The van der Waals surface area contributed by atoms with Crippen LogP contribution in [0.5, 0.6) is 0 Å². The Kier molecular flexibility index (Phi) is 4.38. The predicted octanol–water partition coefficient (Wildman–Crippen LogP) is 5.61. The zero-order chi connectivity index (χ0) is 15.8. The first-order valence-electron chi connectivity index (χ1n) is 9.24. The van der Waals surface area contributed by atoms with Gasteiger partial charge in [-0.15, -0.1) is 0 Å². The number of nitrogens with one attached hydrogen (secondary N) is 1. The highest BCUT2D eigenvalue weighted by Crippen LogP contribution is 2.43. The monoisotopic (exact) mass is 299 g/mol. The fourth-order valence-electron chi connectivity index (χ4n) is 4.57. The molecule has 1 aromatic rings. The lowest BCUT2D eigenvalue weighted by Crippen LogP contribution is -2.33. The molecule has 0 spiro atoms. The van der Waals surface area contributed by atoms with E-state index in [1.54, 1.807) is 5.56 Å². The maximum atomic E-state index is 3.71. The molecule has 122 valence electrons. The average molecular weight is 300 g/mol. The van der Waals surface area contributed by atoms with Crippen LogP contribution in [-0.2, 0) is 5.54 Å². The minimum absolute atomic E-state index is 0.207. The summed E-state index contributed by atoms with van der Waals surface area (Å²) in [7, 11) is 0. The molecule has 1 aliphatic heterocycles. The Hall–Kier alpha value is -0.820. The van der Waals surface area contributed by atoms with E-state index in [0.29, 0.717) is 5.41 Å². The standard InChI is InChI=1S/C21H33N/c1-20(2,3)18-11-9-16(10-12-18)17-7-5-8-19(15-17)21(4)13-6-14-22-21/h5,7-8,15-16,18,22H,6,9-14H2,1-4H3. The summed E-state index contributed by atoms with van der Waals surface area (Å²) in [4.78, 5) is 0. The van der Waals surface area contributed by atoms with Crippen LogP contribution in [0.4, 0.5) is 0 Å². The van der Waals surface area contributed by atoms with Gasteiger partial charge >= 0.3 is 0 Å². The Morgan fingerprint density at radius 2 is 1.82 bits per heavy atom. The quantitative estimate of drug-likeness (QED) is 0.749. The average Bonchev–Trinajstić information content (AvgIpc) is 2.95. The summed E-state index contributed by atoms with van der Waals surface area (Å²) in [5.74, 6) is 1.68. The van der Waals surface area contributed by atoms with Gasteiger partial charge in [0.05, 0.1) is 0 Å². The molecule has 1 heterocycles. The van der Waals surface area contributed by atoms with Gasteiger partial charge in [-0.05, 0) is 80.4 Å². The molecule has 22 heavy (non-hydrogen) atoms. The summed E-state index contributed by atoms with van der Waals surface area (Å²) < 4.78 is 0. The molecule has 0 amide bonds. The van der Waals surface area contributed by atoms with Crippen molar-refractivity contribution in [2.75, 3.05) is 6.54 Å². The van der Waals surface area contributed by atoms with Crippen LogP contribution >= 0.6 is 0 Å². The van der Waals surface area contributed by atoms with Crippen molar-refractivity contribution in [2.45, 2.75) is 77.7 Å². The number of hydrogen-bond acceptors (Lipinski definition) is 1. The third-order valence-electron chi connectivity index (χ3n) is 6.32. The molecule has 0 bridgehead atoms. The Labute approximate surface area is 136 Å². The first-order chi connectivity index (χ1) is 10.4. The summed E-state index contributed by atoms with van der Waals surface area (Å²) in [5, 5.41) is 3.71. The maximum absolute atomic E-state index is 3.71. The van der Waals surface area contributed by atoms with Gasteiger partial charge in [0.15, 0.2) is 0 Å². The van der Waals surface area contributed by atoms with Gasteiger partial charge in [0.1, 0.15) is 0 Å². The normalized spacial score (nSPS) is 33.1. The second-order valence-electron chi connectivity index (χ2n) is 8.90. The van der Waals surface area contributed by atoms with Gasteiger partial charge < -0.3 is 5.32 Å². The highest BCUT2D eigenvalue weighted by Gasteiger charge is 2.32.